The van der Waals surface area contributed by atoms with Crippen LogP contribution in [0.15, 0.2) is 47.5 Å². The minimum Gasteiger partial charge on any atom is -0.493 e. The van der Waals surface area contributed by atoms with Gasteiger partial charge in [-0.05, 0) is 32.0 Å². The van der Waals surface area contributed by atoms with Gasteiger partial charge in [-0.1, -0.05) is 24.3 Å². The lowest BCUT2D eigenvalue weighted by atomic mass is 10.2. The van der Waals surface area contributed by atoms with E-state index in [4.69, 9.17) is 14.2 Å². The number of nitrogens with zero attached hydrogens (tertiary/aromatic N) is 1. The SMILES string of the molecule is CCNC(=NCc1cccc(OC)c1OC)NCC(C)Oc1ccccc1F.I. The lowest BCUT2D eigenvalue weighted by Crippen LogP contribution is -2.41. The van der Waals surface area contributed by atoms with Crippen molar-refractivity contribution in [3.63, 3.8) is 0 Å². The highest BCUT2D eigenvalue weighted by atomic mass is 127. The molecule has 0 radical (unpaired) electrons. The zero-order valence-corrected chi connectivity index (χ0v) is 19.5. The Morgan fingerprint density at radius 2 is 1.76 bits per heavy atom. The Morgan fingerprint density at radius 3 is 2.41 bits per heavy atom. The number of methoxy groups -OCH3 is 2. The Hall–Kier alpha value is -2.23. The summed E-state index contributed by atoms with van der Waals surface area (Å²) in [5.74, 6) is 1.83. The summed E-state index contributed by atoms with van der Waals surface area (Å²) in [7, 11) is 3.21. The second-order valence-electron chi connectivity index (χ2n) is 6.09. The van der Waals surface area contributed by atoms with Gasteiger partial charge in [-0.25, -0.2) is 9.38 Å². The predicted octanol–water partition coefficient (Wildman–Crippen LogP) is 3.98. The van der Waals surface area contributed by atoms with Crippen molar-refractivity contribution in [2.45, 2.75) is 26.5 Å². The first-order valence-corrected chi connectivity index (χ1v) is 9.22. The molecule has 29 heavy (non-hydrogen) atoms. The maximum Gasteiger partial charge on any atom is 0.191 e. The molecule has 0 aliphatic rings. The van der Waals surface area contributed by atoms with Crippen molar-refractivity contribution >= 4 is 29.9 Å². The second-order valence-corrected chi connectivity index (χ2v) is 6.09. The van der Waals surface area contributed by atoms with E-state index >= 15 is 0 Å². The topological polar surface area (TPSA) is 64.1 Å². The lowest BCUT2D eigenvalue weighted by molar-refractivity contribution is 0.214. The van der Waals surface area contributed by atoms with Gasteiger partial charge in [0.2, 0.25) is 0 Å². The van der Waals surface area contributed by atoms with Crippen molar-refractivity contribution in [2.24, 2.45) is 4.99 Å². The van der Waals surface area contributed by atoms with E-state index in [0.29, 0.717) is 37.1 Å². The largest absolute Gasteiger partial charge is 0.493 e. The number of rotatable bonds is 9. The van der Waals surface area contributed by atoms with Gasteiger partial charge < -0.3 is 24.8 Å². The van der Waals surface area contributed by atoms with E-state index in [-0.39, 0.29) is 41.6 Å². The molecule has 0 bridgehead atoms. The number of ether oxygens (including phenoxy) is 3. The third-order valence-corrected chi connectivity index (χ3v) is 3.96. The second kappa shape index (κ2) is 13.1. The molecule has 2 aromatic carbocycles. The fourth-order valence-corrected chi connectivity index (χ4v) is 2.62. The molecule has 1 atom stereocenters. The van der Waals surface area contributed by atoms with E-state index in [1.807, 2.05) is 32.0 Å². The highest BCUT2D eigenvalue weighted by molar-refractivity contribution is 14.0. The van der Waals surface area contributed by atoms with Crippen LogP contribution in [0.2, 0.25) is 0 Å². The van der Waals surface area contributed by atoms with Crippen molar-refractivity contribution in [1.29, 1.82) is 0 Å². The van der Waals surface area contributed by atoms with Crippen LogP contribution in [0.1, 0.15) is 19.4 Å². The number of hydrogen-bond donors (Lipinski definition) is 2. The number of hydrogen-bond acceptors (Lipinski definition) is 4. The summed E-state index contributed by atoms with van der Waals surface area (Å²) in [6.07, 6.45) is -0.243. The maximum atomic E-state index is 13.7. The number of nitrogens with one attached hydrogen (secondary N) is 2. The zero-order chi connectivity index (χ0) is 20.4. The minimum atomic E-state index is -0.375. The number of para-hydroxylation sites is 2. The van der Waals surface area contributed by atoms with Crippen LogP contribution >= 0.6 is 24.0 Å². The molecule has 0 fully saturated rings. The van der Waals surface area contributed by atoms with E-state index in [9.17, 15) is 4.39 Å². The highest BCUT2D eigenvalue weighted by Gasteiger charge is 2.11. The fraction of sp³-hybridized carbons (Fsp3) is 0.381. The van der Waals surface area contributed by atoms with Crippen LogP contribution < -0.4 is 24.8 Å². The summed E-state index contributed by atoms with van der Waals surface area (Å²) >= 11 is 0. The van der Waals surface area contributed by atoms with Crippen LogP contribution in [0, 0.1) is 5.82 Å². The summed E-state index contributed by atoms with van der Waals surface area (Å²) in [6.45, 7) is 5.45. The molecule has 2 rings (SSSR count). The van der Waals surface area contributed by atoms with Crippen molar-refractivity contribution in [1.82, 2.24) is 10.6 Å². The van der Waals surface area contributed by atoms with E-state index in [1.165, 1.54) is 6.07 Å². The van der Waals surface area contributed by atoms with Gasteiger partial charge in [-0.2, -0.15) is 0 Å². The van der Waals surface area contributed by atoms with Crippen LogP contribution in [0.3, 0.4) is 0 Å². The van der Waals surface area contributed by atoms with E-state index in [1.54, 1.807) is 32.4 Å². The quantitative estimate of drug-likeness (QED) is 0.300. The molecule has 1 unspecified atom stereocenters. The van der Waals surface area contributed by atoms with Crippen LogP contribution in [0.25, 0.3) is 0 Å². The van der Waals surface area contributed by atoms with Crippen molar-refractivity contribution in [3.8, 4) is 17.2 Å². The first-order valence-electron chi connectivity index (χ1n) is 9.22. The van der Waals surface area contributed by atoms with E-state index in [2.05, 4.69) is 15.6 Å². The van der Waals surface area contributed by atoms with Gasteiger partial charge in [0, 0.05) is 12.1 Å². The average molecular weight is 517 g/mol. The molecule has 0 spiro atoms. The van der Waals surface area contributed by atoms with Gasteiger partial charge in [0.1, 0.15) is 6.10 Å². The molecule has 0 amide bonds. The van der Waals surface area contributed by atoms with Gasteiger partial charge in [-0.15, -0.1) is 24.0 Å². The Kier molecular flexibility index (Phi) is 11.2. The Morgan fingerprint density at radius 1 is 1.03 bits per heavy atom. The number of aliphatic imine (C=N–C) groups is 1. The fourth-order valence-electron chi connectivity index (χ4n) is 2.62. The lowest BCUT2D eigenvalue weighted by Gasteiger charge is -2.18. The smallest absolute Gasteiger partial charge is 0.191 e. The third-order valence-electron chi connectivity index (χ3n) is 3.96. The molecular formula is C21H29FIN3O3. The van der Waals surface area contributed by atoms with E-state index < -0.39 is 0 Å². The van der Waals surface area contributed by atoms with E-state index in [0.717, 1.165) is 5.56 Å². The summed E-state index contributed by atoms with van der Waals surface area (Å²) < 4.78 is 30.1. The predicted molar refractivity (Wildman–Crippen MR) is 124 cm³/mol. The molecule has 2 aromatic rings. The molecule has 2 N–H and O–H groups in total. The standard InChI is InChI=1S/C21H28FN3O3.HI/c1-5-23-21(24-13-15(2)28-18-11-7-6-10-17(18)22)25-14-16-9-8-12-19(26-3)20(16)27-4;/h6-12,15H,5,13-14H2,1-4H3,(H2,23,24,25);1H. The average Bonchev–Trinajstić information content (AvgIpc) is 2.71. The Bertz CT molecular complexity index is 790. The van der Waals surface area contributed by atoms with Crippen LogP contribution in [-0.4, -0.2) is 39.4 Å². The summed E-state index contributed by atoms with van der Waals surface area (Å²) in [4.78, 5) is 4.59. The number of benzene rings is 2. The molecule has 0 aliphatic carbocycles. The van der Waals surface area contributed by atoms with Crippen molar-refractivity contribution in [2.75, 3.05) is 27.3 Å². The van der Waals surface area contributed by atoms with Crippen molar-refractivity contribution < 1.29 is 18.6 Å². The molecular weight excluding hydrogens is 488 g/mol. The van der Waals surface area contributed by atoms with Crippen LogP contribution in [0.5, 0.6) is 17.2 Å². The van der Waals surface area contributed by atoms with Crippen molar-refractivity contribution in [3.05, 3.63) is 53.8 Å². The third kappa shape index (κ3) is 7.60. The highest BCUT2D eigenvalue weighted by Crippen LogP contribution is 2.31. The molecule has 6 nitrogen and oxygen atoms in total. The van der Waals surface area contributed by atoms with Gasteiger partial charge in [0.15, 0.2) is 29.0 Å². The monoisotopic (exact) mass is 517 g/mol. The Labute approximate surface area is 188 Å². The molecule has 0 aromatic heterocycles. The van der Waals surface area contributed by atoms with Crippen LogP contribution in [0.4, 0.5) is 4.39 Å². The van der Waals surface area contributed by atoms with Gasteiger partial charge in [-0.3, -0.25) is 0 Å². The van der Waals surface area contributed by atoms with Crippen LogP contribution in [-0.2, 0) is 6.54 Å². The van der Waals surface area contributed by atoms with Gasteiger partial charge >= 0.3 is 0 Å². The molecule has 0 aliphatic heterocycles. The Balaban J connectivity index is 0.00000420. The normalized spacial score (nSPS) is 11.8. The molecule has 160 valence electrons. The molecule has 0 saturated heterocycles. The first kappa shape index (κ1) is 24.8. The van der Waals surface area contributed by atoms with Gasteiger partial charge in [0.25, 0.3) is 0 Å². The molecule has 0 saturated carbocycles. The summed E-state index contributed by atoms with van der Waals surface area (Å²) in [5.41, 5.74) is 0.912. The maximum absolute atomic E-state index is 13.7. The van der Waals surface area contributed by atoms with Gasteiger partial charge in [0.05, 0.1) is 27.3 Å². The molecule has 8 heteroatoms. The first-order chi connectivity index (χ1) is 13.6. The number of halogens is 2. The molecule has 0 heterocycles. The minimum absolute atomic E-state index is 0. The summed E-state index contributed by atoms with van der Waals surface area (Å²) in [6, 6.07) is 12.1. The zero-order valence-electron chi connectivity index (χ0n) is 17.2. The number of guanidine groups is 1. The summed E-state index contributed by atoms with van der Waals surface area (Å²) in [5, 5.41) is 6.40.